The van der Waals surface area contributed by atoms with Gasteiger partial charge in [-0.25, -0.2) is 4.79 Å². The highest BCUT2D eigenvalue weighted by atomic mass is 32.2. The highest BCUT2D eigenvalue weighted by molar-refractivity contribution is 8.03. The first-order valence-electron chi connectivity index (χ1n) is 6.52. The fraction of sp³-hybridized carbons (Fsp3) is 0.143. The van der Waals surface area contributed by atoms with Gasteiger partial charge in [0.1, 0.15) is 16.6 Å². The third-order valence-corrected chi connectivity index (χ3v) is 4.94. The van der Waals surface area contributed by atoms with Crippen molar-refractivity contribution in [2.75, 3.05) is 0 Å². The summed E-state index contributed by atoms with van der Waals surface area (Å²) in [6, 6.07) is 5.61. The van der Waals surface area contributed by atoms with Gasteiger partial charge in [-0.3, -0.25) is 14.8 Å². The molecule has 2 aromatic rings. The number of carbonyl (C=O) groups is 2. The fourth-order valence-corrected chi connectivity index (χ4v) is 3.91. The standard InChI is InChI=1S/C14H10N4O3S/c1-6(7-2-3-8-9(4-7)16-17-15-8)11-12(19)18-10(14(20)21)5-22-13(11)18/h2-5,13H,1H3,(H,20,21)(H,15,16,17)/t13-/m1/s1. The number of carbonyl (C=O) groups excluding carboxylic acids is 1. The van der Waals surface area contributed by atoms with E-state index in [0.29, 0.717) is 5.57 Å². The number of nitrogens with one attached hydrogen (secondary N) is 1. The van der Waals surface area contributed by atoms with E-state index >= 15 is 0 Å². The normalized spacial score (nSPS) is 22.4. The molecule has 22 heavy (non-hydrogen) atoms. The molecule has 2 N–H and O–H groups in total. The van der Waals surface area contributed by atoms with Crippen LogP contribution < -0.4 is 0 Å². The van der Waals surface area contributed by atoms with Crippen molar-refractivity contribution in [3.05, 3.63) is 40.4 Å². The van der Waals surface area contributed by atoms with E-state index in [4.69, 9.17) is 5.11 Å². The molecule has 3 heterocycles. The number of aromatic nitrogens is 3. The smallest absolute Gasteiger partial charge is 0.353 e. The molecule has 0 saturated carbocycles. The Labute approximate surface area is 128 Å². The molecule has 7 nitrogen and oxygen atoms in total. The predicted octanol–water partition coefficient (Wildman–Crippen LogP) is 1.57. The van der Waals surface area contributed by atoms with E-state index in [0.717, 1.165) is 22.2 Å². The summed E-state index contributed by atoms with van der Waals surface area (Å²) in [5, 5.41) is 20.8. The molecule has 1 amide bonds. The van der Waals surface area contributed by atoms with Crippen molar-refractivity contribution in [1.29, 1.82) is 0 Å². The van der Waals surface area contributed by atoms with Gasteiger partial charge in [0.05, 0.1) is 11.1 Å². The zero-order valence-electron chi connectivity index (χ0n) is 11.4. The first-order valence-corrected chi connectivity index (χ1v) is 7.46. The van der Waals surface area contributed by atoms with Crippen LogP contribution >= 0.6 is 11.8 Å². The lowest BCUT2D eigenvalue weighted by molar-refractivity contribution is -0.141. The van der Waals surface area contributed by atoms with E-state index in [1.54, 1.807) is 0 Å². The Hall–Kier alpha value is -2.61. The van der Waals surface area contributed by atoms with Crippen molar-refractivity contribution in [1.82, 2.24) is 20.3 Å². The molecule has 110 valence electrons. The first kappa shape index (κ1) is 13.1. The summed E-state index contributed by atoms with van der Waals surface area (Å²) >= 11 is 1.34. The molecule has 0 radical (unpaired) electrons. The van der Waals surface area contributed by atoms with E-state index in [1.165, 1.54) is 22.1 Å². The Morgan fingerprint density at radius 3 is 3.05 bits per heavy atom. The number of H-pyrrole nitrogens is 1. The van der Waals surface area contributed by atoms with Crippen LogP contribution in [0.1, 0.15) is 12.5 Å². The number of hydrogen-bond acceptors (Lipinski definition) is 5. The van der Waals surface area contributed by atoms with Crippen molar-refractivity contribution in [2.45, 2.75) is 12.3 Å². The van der Waals surface area contributed by atoms with Crippen LogP contribution in [0.4, 0.5) is 0 Å². The van der Waals surface area contributed by atoms with Crippen molar-refractivity contribution >= 4 is 40.2 Å². The van der Waals surface area contributed by atoms with Gasteiger partial charge in [0.15, 0.2) is 0 Å². The molecule has 2 aliphatic heterocycles. The summed E-state index contributed by atoms with van der Waals surface area (Å²) in [5.74, 6) is -1.33. The van der Waals surface area contributed by atoms with Crippen LogP contribution in [0.2, 0.25) is 0 Å². The molecule has 0 unspecified atom stereocenters. The molecule has 0 aliphatic carbocycles. The molecule has 1 fully saturated rings. The number of allylic oxidation sites excluding steroid dienone is 1. The highest BCUT2D eigenvalue weighted by Crippen LogP contribution is 2.47. The number of amides is 1. The van der Waals surface area contributed by atoms with Crippen LogP contribution in [0.25, 0.3) is 16.6 Å². The summed E-state index contributed by atoms with van der Waals surface area (Å²) < 4.78 is 0. The number of carboxylic acids is 1. The number of fused-ring (bicyclic) bond motifs is 2. The van der Waals surface area contributed by atoms with E-state index in [2.05, 4.69) is 15.4 Å². The monoisotopic (exact) mass is 314 g/mol. The van der Waals surface area contributed by atoms with Gasteiger partial charge < -0.3 is 5.11 Å². The summed E-state index contributed by atoms with van der Waals surface area (Å²) in [6.07, 6.45) is 0. The Morgan fingerprint density at radius 2 is 2.27 bits per heavy atom. The average molecular weight is 314 g/mol. The average Bonchev–Trinajstić information content (AvgIpc) is 3.10. The molecule has 2 aliphatic rings. The van der Waals surface area contributed by atoms with E-state index in [-0.39, 0.29) is 17.0 Å². The van der Waals surface area contributed by atoms with Gasteiger partial charge in [-0.05, 0) is 30.2 Å². The topological polar surface area (TPSA) is 99.2 Å². The number of thioether (sulfide) groups is 1. The maximum absolute atomic E-state index is 12.3. The van der Waals surface area contributed by atoms with Gasteiger partial charge in [0, 0.05) is 5.41 Å². The minimum absolute atomic E-state index is 0.0461. The maximum Gasteiger partial charge on any atom is 0.353 e. The predicted molar refractivity (Wildman–Crippen MR) is 80.4 cm³/mol. The lowest BCUT2D eigenvalue weighted by Crippen LogP contribution is -2.51. The van der Waals surface area contributed by atoms with Crippen molar-refractivity contribution in [2.24, 2.45) is 0 Å². The molecule has 4 rings (SSSR count). The molecular formula is C14H10N4O3S. The lowest BCUT2D eigenvalue weighted by Gasteiger charge is -2.38. The Kier molecular flexibility index (Phi) is 2.64. The third-order valence-electron chi connectivity index (χ3n) is 3.88. The largest absolute Gasteiger partial charge is 0.477 e. The number of benzene rings is 1. The molecule has 0 spiro atoms. The minimum atomic E-state index is -1.08. The molecular weight excluding hydrogens is 304 g/mol. The van der Waals surface area contributed by atoms with Gasteiger partial charge >= 0.3 is 5.97 Å². The van der Waals surface area contributed by atoms with Gasteiger partial charge in [-0.2, -0.15) is 0 Å². The minimum Gasteiger partial charge on any atom is -0.477 e. The van der Waals surface area contributed by atoms with Crippen molar-refractivity contribution in [3.63, 3.8) is 0 Å². The molecule has 0 bridgehead atoms. The van der Waals surface area contributed by atoms with E-state index < -0.39 is 5.97 Å². The number of hydrogen-bond donors (Lipinski definition) is 2. The van der Waals surface area contributed by atoms with Gasteiger partial charge in [-0.1, -0.05) is 11.3 Å². The van der Waals surface area contributed by atoms with Crippen molar-refractivity contribution < 1.29 is 14.7 Å². The molecule has 1 saturated heterocycles. The number of β-lactam (4-membered cyclic amide) rings is 1. The number of aliphatic carboxylic acids is 1. The zero-order chi connectivity index (χ0) is 15.4. The lowest BCUT2D eigenvalue weighted by atomic mass is 9.94. The quantitative estimate of drug-likeness (QED) is 0.645. The van der Waals surface area contributed by atoms with Gasteiger partial charge in [0.25, 0.3) is 5.91 Å². The Morgan fingerprint density at radius 1 is 1.45 bits per heavy atom. The van der Waals surface area contributed by atoms with Crippen LogP contribution in [-0.4, -0.2) is 42.7 Å². The molecule has 1 aromatic heterocycles. The van der Waals surface area contributed by atoms with Crippen LogP contribution in [-0.2, 0) is 9.59 Å². The number of carboxylic acid groups (broad SMARTS) is 1. The molecule has 8 heteroatoms. The molecule has 1 aromatic carbocycles. The summed E-state index contributed by atoms with van der Waals surface area (Å²) in [7, 11) is 0. The maximum atomic E-state index is 12.3. The third kappa shape index (κ3) is 1.64. The Balaban J connectivity index is 1.73. The van der Waals surface area contributed by atoms with Crippen molar-refractivity contribution in [3.8, 4) is 0 Å². The second-order valence-electron chi connectivity index (χ2n) is 5.05. The fourth-order valence-electron chi connectivity index (χ4n) is 2.69. The number of aromatic amines is 1. The Bertz CT molecular complexity index is 898. The first-order chi connectivity index (χ1) is 10.6. The second kappa shape index (κ2) is 4.44. The zero-order valence-corrected chi connectivity index (χ0v) is 12.2. The van der Waals surface area contributed by atoms with E-state index in [1.807, 2.05) is 25.1 Å². The summed E-state index contributed by atoms with van der Waals surface area (Å²) in [4.78, 5) is 24.7. The van der Waals surface area contributed by atoms with Gasteiger partial charge in [0.2, 0.25) is 0 Å². The highest BCUT2D eigenvalue weighted by Gasteiger charge is 2.50. The number of rotatable bonds is 2. The molecule has 1 atom stereocenters. The SMILES string of the molecule is CC(=C1C(=O)N2C(C(=O)O)=CS[C@H]12)c1ccc2nn[nH]c2c1. The van der Waals surface area contributed by atoms with Crippen LogP contribution in [0.15, 0.2) is 34.9 Å². The van der Waals surface area contributed by atoms with Crippen LogP contribution in [0.3, 0.4) is 0 Å². The summed E-state index contributed by atoms with van der Waals surface area (Å²) in [5.41, 5.74) is 3.98. The van der Waals surface area contributed by atoms with Crippen LogP contribution in [0.5, 0.6) is 0 Å². The van der Waals surface area contributed by atoms with E-state index in [9.17, 15) is 9.59 Å². The van der Waals surface area contributed by atoms with Crippen LogP contribution in [0, 0.1) is 0 Å². The van der Waals surface area contributed by atoms with Gasteiger partial charge in [-0.15, -0.1) is 16.9 Å². The second-order valence-corrected chi connectivity index (χ2v) is 6.01. The number of nitrogens with zero attached hydrogens (tertiary/aromatic N) is 3. The summed E-state index contributed by atoms with van der Waals surface area (Å²) in [6.45, 7) is 1.87.